The van der Waals surface area contributed by atoms with Crippen molar-refractivity contribution in [1.29, 1.82) is 0 Å². The molecule has 0 atom stereocenters. The first-order chi connectivity index (χ1) is 13.8. The SMILES string of the molecule is O=C(Nc1ccccc1-c1nc2ccccc2[nH]1)c1ccc2c(c1)CCCC2. The van der Waals surface area contributed by atoms with Gasteiger partial charge in [0.05, 0.1) is 16.7 Å². The number of imidazole rings is 1. The highest BCUT2D eigenvalue weighted by Gasteiger charge is 2.15. The number of H-pyrrole nitrogens is 1. The molecule has 5 rings (SSSR count). The van der Waals surface area contributed by atoms with E-state index in [4.69, 9.17) is 0 Å². The van der Waals surface area contributed by atoms with Crippen molar-refractivity contribution in [2.24, 2.45) is 0 Å². The molecule has 0 aliphatic heterocycles. The Morgan fingerprint density at radius 1 is 0.893 bits per heavy atom. The molecule has 0 saturated heterocycles. The van der Waals surface area contributed by atoms with Gasteiger partial charge < -0.3 is 10.3 Å². The third-order valence-corrected chi connectivity index (χ3v) is 5.43. The van der Waals surface area contributed by atoms with Crippen LogP contribution in [0.25, 0.3) is 22.4 Å². The Kier molecular flexibility index (Phi) is 4.17. The average molecular weight is 367 g/mol. The van der Waals surface area contributed by atoms with Gasteiger partial charge in [0.1, 0.15) is 5.82 Å². The number of para-hydroxylation sites is 3. The van der Waals surface area contributed by atoms with E-state index in [9.17, 15) is 4.79 Å². The molecule has 1 aliphatic carbocycles. The average Bonchev–Trinajstić information content (AvgIpc) is 3.18. The summed E-state index contributed by atoms with van der Waals surface area (Å²) in [6.07, 6.45) is 4.62. The molecule has 1 amide bonds. The fourth-order valence-corrected chi connectivity index (χ4v) is 3.95. The summed E-state index contributed by atoms with van der Waals surface area (Å²) < 4.78 is 0. The van der Waals surface area contributed by atoms with E-state index in [1.165, 1.54) is 24.0 Å². The minimum Gasteiger partial charge on any atom is -0.338 e. The summed E-state index contributed by atoms with van der Waals surface area (Å²) in [6, 6.07) is 21.8. The molecule has 0 unspecified atom stereocenters. The monoisotopic (exact) mass is 367 g/mol. The van der Waals surface area contributed by atoms with Crippen LogP contribution in [0.1, 0.15) is 34.3 Å². The highest BCUT2D eigenvalue weighted by Crippen LogP contribution is 2.28. The van der Waals surface area contributed by atoms with Crippen LogP contribution in [0, 0.1) is 0 Å². The predicted molar refractivity (Wildman–Crippen MR) is 113 cm³/mol. The zero-order valence-electron chi connectivity index (χ0n) is 15.5. The number of aromatic amines is 1. The van der Waals surface area contributed by atoms with Gasteiger partial charge in [0, 0.05) is 11.1 Å². The normalized spacial score (nSPS) is 13.3. The largest absolute Gasteiger partial charge is 0.338 e. The first kappa shape index (κ1) is 16.8. The van der Waals surface area contributed by atoms with Crippen LogP contribution in [0.4, 0.5) is 5.69 Å². The summed E-state index contributed by atoms with van der Waals surface area (Å²) in [4.78, 5) is 20.9. The fraction of sp³-hybridized carbons (Fsp3) is 0.167. The minimum atomic E-state index is -0.0862. The number of anilines is 1. The van der Waals surface area contributed by atoms with Crippen LogP contribution in [-0.2, 0) is 12.8 Å². The maximum Gasteiger partial charge on any atom is 0.255 e. The lowest BCUT2D eigenvalue weighted by atomic mass is 9.90. The lowest BCUT2D eigenvalue weighted by Crippen LogP contribution is -2.14. The third-order valence-electron chi connectivity index (χ3n) is 5.43. The number of rotatable bonds is 3. The van der Waals surface area contributed by atoms with Crippen molar-refractivity contribution in [3.05, 3.63) is 83.4 Å². The van der Waals surface area contributed by atoms with Gasteiger partial charge in [-0.2, -0.15) is 0 Å². The maximum atomic E-state index is 12.9. The Hall–Kier alpha value is -3.40. The fourth-order valence-electron chi connectivity index (χ4n) is 3.95. The standard InChI is InChI=1S/C24H21N3O/c28-24(18-14-13-16-7-1-2-8-17(16)15-18)27-20-10-4-3-9-19(20)23-25-21-11-5-6-12-22(21)26-23/h3-6,9-15H,1-2,7-8H2,(H,25,26)(H,27,28). The van der Waals surface area contributed by atoms with E-state index in [0.717, 1.165) is 41.0 Å². The Labute approximate surface area is 163 Å². The quantitative estimate of drug-likeness (QED) is 0.512. The lowest BCUT2D eigenvalue weighted by molar-refractivity contribution is 0.102. The molecule has 3 aromatic carbocycles. The molecule has 0 bridgehead atoms. The van der Waals surface area contributed by atoms with E-state index in [-0.39, 0.29) is 5.91 Å². The molecular weight excluding hydrogens is 346 g/mol. The number of carbonyl (C=O) groups excluding carboxylic acids is 1. The van der Waals surface area contributed by atoms with E-state index < -0.39 is 0 Å². The van der Waals surface area contributed by atoms with Gasteiger partial charge >= 0.3 is 0 Å². The second-order valence-electron chi connectivity index (χ2n) is 7.29. The molecule has 4 heteroatoms. The van der Waals surface area contributed by atoms with E-state index in [0.29, 0.717) is 5.56 Å². The summed E-state index contributed by atoms with van der Waals surface area (Å²) in [5, 5.41) is 3.08. The van der Waals surface area contributed by atoms with Crippen LogP contribution in [-0.4, -0.2) is 15.9 Å². The molecular formula is C24H21N3O. The first-order valence-corrected chi connectivity index (χ1v) is 9.75. The number of amides is 1. The smallest absolute Gasteiger partial charge is 0.255 e. The Bertz CT molecular complexity index is 1140. The summed E-state index contributed by atoms with van der Waals surface area (Å²) in [5.74, 6) is 0.666. The molecule has 0 spiro atoms. The number of carbonyl (C=O) groups is 1. The molecule has 138 valence electrons. The summed E-state index contributed by atoms with van der Waals surface area (Å²) in [7, 11) is 0. The second-order valence-corrected chi connectivity index (χ2v) is 7.29. The first-order valence-electron chi connectivity index (χ1n) is 9.75. The van der Waals surface area contributed by atoms with Crippen molar-refractivity contribution < 1.29 is 4.79 Å². The minimum absolute atomic E-state index is 0.0862. The molecule has 1 heterocycles. The number of benzene rings is 3. The summed E-state index contributed by atoms with van der Waals surface area (Å²) in [6.45, 7) is 0. The number of nitrogens with zero attached hydrogens (tertiary/aromatic N) is 1. The third kappa shape index (κ3) is 3.07. The summed E-state index contributed by atoms with van der Waals surface area (Å²) >= 11 is 0. The van der Waals surface area contributed by atoms with Crippen LogP contribution in [0.5, 0.6) is 0 Å². The van der Waals surface area contributed by atoms with Crippen molar-refractivity contribution in [2.45, 2.75) is 25.7 Å². The van der Waals surface area contributed by atoms with Gasteiger partial charge in [-0.15, -0.1) is 0 Å². The van der Waals surface area contributed by atoms with Crippen LogP contribution in [0.3, 0.4) is 0 Å². The highest BCUT2D eigenvalue weighted by molar-refractivity contribution is 6.06. The number of hydrogen-bond acceptors (Lipinski definition) is 2. The molecule has 28 heavy (non-hydrogen) atoms. The molecule has 1 aromatic heterocycles. The van der Waals surface area contributed by atoms with E-state index >= 15 is 0 Å². The van der Waals surface area contributed by atoms with Crippen molar-refractivity contribution >= 4 is 22.6 Å². The number of nitrogens with one attached hydrogen (secondary N) is 2. The predicted octanol–water partition coefficient (Wildman–Crippen LogP) is 5.36. The van der Waals surface area contributed by atoms with E-state index in [1.54, 1.807) is 0 Å². The zero-order chi connectivity index (χ0) is 18.9. The van der Waals surface area contributed by atoms with Gasteiger partial charge in [0.25, 0.3) is 5.91 Å². The topological polar surface area (TPSA) is 57.8 Å². The van der Waals surface area contributed by atoms with Crippen molar-refractivity contribution in [1.82, 2.24) is 9.97 Å². The maximum absolute atomic E-state index is 12.9. The number of fused-ring (bicyclic) bond motifs is 2. The van der Waals surface area contributed by atoms with Gasteiger partial charge in [-0.25, -0.2) is 4.98 Å². The van der Waals surface area contributed by atoms with E-state index in [2.05, 4.69) is 21.4 Å². The zero-order valence-corrected chi connectivity index (χ0v) is 15.5. The van der Waals surface area contributed by atoms with Crippen LogP contribution < -0.4 is 5.32 Å². The molecule has 4 aromatic rings. The van der Waals surface area contributed by atoms with Crippen molar-refractivity contribution in [2.75, 3.05) is 5.32 Å². The highest BCUT2D eigenvalue weighted by atomic mass is 16.1. The number of aryl methyl sites for hydroxylation is 2. The van der Waals surface area contributed by atoms with Gasteiger partial charge in [-0.3, -0.25) is 4.79 Å². The molecule has 4 nitrogen and oxygen atoms in total. The molecule has 0 fully saturated rings. The lowest BCUT2D eigenvalue weighted by Gasteiger charge is -2.16. The summed E-state index contributed by atoms with van der Waals surface area (Å²) in [5.41, 5.74) is 6.92. The number of aromatic nitrogens is 2. The Morgan fingerprint density at radius 3 is 2.57 bits per heavy atom. The Morgan fingerprint density at radius 2 is 1.68 bits per heavy atom. The molecule has 1 aliphatic rings. The van der Waals surface area contributed by atoms with Gasteiger partial charge in [-0.05, 0) is 73.2 Å². The number of hydrogen-bond donors (Lipinski definition) is 2. The van der Waals surface area contributed by atoms with Crippen LogP contribution in [0.15, 0.2) is 66.7 Å². The molecule has 0 radical (unpaired) electrons. The van der Waals surface area contributed by atoms with Gasteiger partial charge in [0.2, 0.25) is 0 Å². The van der Waals surface area contributed by atoms with Gasteiger partial charge in [-0.1, -0.05) is 30.3 Å². The molecule has 2 N–H and O–H groups in total. The van der Waals surface area contributed by atoms with Crippen LogP contribution >= 0.6 is 0 Å². The van der Waals surface area contributed by atoms with Gasteiger partial charge in [0.15, 0.2) is 0 Å². The van der Waals surface area contributed by atoms with E-state index in [1.807, 2.05) is 60.7 Å². The Balaban J connectivity index is 1.46. The second kappa shape index (κ2) is 6.97. The molecule has 0 saturated carbocycles. The van der Waals surface area contributed by atoms with Crippen molar-refractivity contribution in [3.8, 4) is 11.4 Å². The van der Waals surface area contributed by atoms with Crippen LogP contribution in [0.2, 0.25) is 0 Å². The van der Waals surface area contributed by atoms with Crippen molar-refractivity contribution in [3.63, 3.8) is 0 Å².